The van der Waals surface area contributed by atoms with E-state index in [0.29, 0.717) is 24.5 Å². The first-order valence-corrected chi connectivity index (χ1v) is 15.4. The Labute approximate surface area is 244 Å². The van der Waals surface area contributed by atoms with Crippen molar-refractivity contribution in [1.29, 1.82) is 0 Å². The molecule has 3 unspecified atom stereocenters. The van der Waals surface area contributed by atoms with Crippen LogP contribution in [0, 0.1) is 26.7 Å². The SMILES string of the molecule is CCOCC(=O)N(CC12CC3CC(CC(C3)C1)C2)C1CC(C(=O)NCCO)=CC(Oc2ccccc2I)C1O. The van der Waals surface area contributed by atoms with Crippen LogP contribution in [0.3, 0.4) is 0 Å². The number of carbonyl (C=O) groups excluding carboxylic acids is 2. The van der Waals surface area contributed by atoms with Crippen molar-refractivity contribution in [2.75, 3.05) is 32.9 Å². The zero-order valence-corrected chi connectivity index (χ0v) is 24.8. The van der Waals surface area contributed by atoms with Gasteiger partial charge in [-0.05, 0) is 109 Å². The molecule has 0 spiro atoms. The summed E-state index contributed by atoms with van der Waals surface area (Å²) in [5.74, 6) is 2.33. The minimum absolute atomic E-state index is 0.0516. The fourth-order valence-corrected chi connectivity index (χ4v) is 8.49. The van der Waals surface area contributed by atoms with E-state index in [1.54, 1.807) is 6.08 Å². The minimum Gasteiger partial charge on any atom is -0.482 e. The van der Waals surface area contributed by atoms with Crippen LogP contribution in [0.1, 0.15) is 51.9 Å². The van der Waals surface area contributed by atoms with Crippen molar-refractivity contribution in [2.24, 2.45) is 23.2 Å². The van der Waals surface area contributed by atoms with E-state index >= 15 is 0 Å². The molecular formula is C30H41IN2O6. The number of carbonyl (C=O) groups is 2. The number of amides is 2. The van der Waals surface area contributed by atoms with Gasteiger partial charge in [-0.25, -0.2) is 0 Å². The molecule has 2 amide bonds. The number of hydrogen-bond acceptors (Lipinski definition) is 6. The van der Waals surface area contributed by atoms with Gasteiger partial charge in [0.25, 0.3) is 0 Å². The van der Waals surface area contributed by atoms with Crippen LogP contribution in [0.25, 0.3) is 0 Å². The Hall–Kier alpha value is -1.69. The number of para-hydroxylation sites is 1. The number of aliphatic hydroxyl groups excluding tert-OH is 2. The molecule has 5 aliphatic rings. The topological polar surface area (TPSA) is 108 Å². The second-order valence-electron chi connectivity index (χ2n) is 12.0. The van der Waals surface area contributed by atoms with Crippen molar-refractivity contribution < 1.29 is 29.3 Å². The molecule has 0 aliphatic heterocycles. The number of nitrogens with zero attached hydrogens (tertiary/aromatic N) is 1. The van der Waals surface area contributed by atoms with Gasteiger partial charge in [0.2, 0.25) is 11.8 Å². The Kier molecular flexibility index (Phi) is 9.20. The van der Waals surface area contributed by atoms with Gasteiger partial charge in [-0.3, -0.25) is 9.59 Å². The van der Waals surface area contributed by atoms with E-state index in [2.05, 4.69) is 27.9 Å². The Morgan fingerprint density at radius 2 is 1.79 bits per heavy atom. The summed E-state index contributed by atoms with van der Waals surface area (Å²) in [5.41, 5.74) is 0.511. The maximum atomic E-state index is 13.7. The summed E-state index contributed by atoms with van der Waals surface area (Å²) in [4.78, 5) is 28.7. The van der Waals surface area contributed by atoms with Crippen LogP contribution in [-0.4, -0.2) is 78.1 Å². The number of benzene rings is 1. The lowest BCUT2D eigenvalue weighted by molar-refractivity contribution is -0.151. The third-order valence-electron chi connectivity index (χ3n) is 9.14. The van der Waals surface area contributed by atoms with Gasteiger partial charge >= 0.3 is 0 Å². The van der Waals surface area contributed by atoms with Crippen LogP contribution in [0.15, 0.2) is 35.9 Å². The van der Waals surface area contributed by atoms with Crippen molar-refractivity contribution in [3.8, 4) is 5.75 Å². The molecule has 1 aromatic carbocycles. The highest BCUT2D eigenvalue weighted by Crippen LogP contribution is 2.60. The summed E-state index contributed by atoms with van der Waals surface area (Å²) in [6, 6.07) is 6.92. The molecule has 6 rings (SSSR count). The summed E-state index contributed by atoms with van der Waals surface area (Å²) in [7, 11) is 0. The highest BCUT2D eigenvalue weighted by atomic mass is 127. The maximum Gasteiger partial charge on any atom is 0.248 e. The van der Waals surface area contributed by atoms with Crippen molar-refractivity contribution in [1.82, 2.24) is 10.2 Å². The molecule has 9 heteroatoms. The first-order chi connectivity index (χ1) is 18.8. The van der Waals surface area contributed by atoms with E-state index < -0.39 is 18.2 Å². The average molecular weight is 653 g/mol. The molecule has 39 heavy (non-hydrogen) atoms. The lowest BCUT2D eigenvalue weighted by Gasteiger charge is -2.58. The molecule has 1 aromatic rings. The molecule has 0 saturated heterocycles. The highest BCUT2D eigenvalue weighted by Gasteiger charge is 2.53. The third kappa shape index (κ3) is 6.47. The van der Waals surface area contributed by atoms with Gasteiger partial charge < -0.3 is 29.9 Å². The average Bonchev–Trinajstić information content (AvgIpc) is 2.90. The molecule has 4 saturated carbocycles. The van der Waals surface area contributed by atoms with Crippen molar-refractivity contribution in [3.63, 3.8) is 0 Å². The number of rotatable bonds is 11. The molecule has 0 aromatic heterocycles. The van der Waals surface area contributed by atoms with E-state index in [1.165, 1.54) is 19.3 Å². The quantitative estimate of drug-likeness (QED) is 0.317. The molecule has 0 heterocycles. The molecule has 0 radical (unpaired) electrons. The van der Waals surface area contributed by atoms with Crippen molar-refractivity contribution >= 4 is 34.4 Å². The maximum absolute atomic E-state index is 13.7. The summed E-state index contributed by atoms with van der Waals surface area (Å²) >= 11 is 2.19. The van der Waals surface area contributed by atoms with Gasteiger partial charge in [0, 0.05) is 31.7 Å². The van der Waals surface area contributed by atoms with Gasteiger partial charge in [-0.2, -0.15) is 0 Å². The van der Waals surface area contributed by atoms with Crippen LogP contribution in [0.5, 0.6) is 5.75 Å². The Morgan fingerprint density at radius 1 is 1.13 bits per heavy atom. The Balaban J connectivity index is 1.45. The standard InChI is InChI=1S/C30H41IN2O6/c1-2-38-17-27(35)33(18-30-14-19-9-20(15-30)11-21(10-19)16-30)24-12-22(29(37)32-7-8-34)13-26(28(24)36)39-25-6-4-3-5-23(25)31/h3-6,13,19-21,24,26,28,34,36H,2,7-12,14-18H2,1H3,(H,32,37). The summed E-state index contributed by atoms with van der Waals surface area (Å²) < 4.78 is 12.7. The monoisotopic (exact) mass is 652 g/mol. The van der Waals surface area contributed by atoms with Crippen LogP contribution in [-0.2, 0) is 14.3 Å². The molecule has 4 bridgehead atoms. The van der Waals surface area contributed by atoms with Gasteiger partial charge in [0.1, 0.15) is 24.6 Å². The number of ether oxygens (including phenoxy) is 2. The molecule has 5 aliphatic carbocycles. The number of nitrogens with one attached hydrogen (secondary N) is 1. The third-order valence-corrected chi connectivity index (χ3v) is 10.0. The smallest absolute Gasteiger partial charge is 0.248 e. The largest absolute Gasteiger partial charge is 0.482 e. The van der Waals surface area contributed by atoms with Crippen LogP contribution in [0.2, 0.25) is 0 Å². The molecule has 4 fully saturated rings. The summed E-state index contributed by atoms with van der Waals surface area (Å²) in [5, 5.41) is 23.7. The summed E-state index contributed by atoms with van der Waals surface area (Å²) in [6.45, 7) is 2.78. The van der Waals surface area contributed by atoms with Gasteiger partial charge in [0.15, 0.2) is 0 Å². The fraction of sp³-hybridized carbons (Fsp3) is 0.667. The van der Waals surface area contributed by atoms with Crippen LogP contribution in [0.4, 0.5) is 0 Å². The lowest BCUT2D eigenvalue weighted by Crippen LogP contribution is -2.60. The van der Waals surface area contributed by atoms with E-state index in [-0.39, 0.29) is 43.4 Å². The second-order valence-corrected chi connectivity index (χ2v) is 13.2. The molecular weight excluding hydrogens is 611 g/mol. The van der Waals surface area contributed by atoms with E-state index in [9.17, 15) is 19.8 Å². The van der Waals surface area contributed by atoms with Gasteiger partial charge in [-0.15, -0.1) is 0 Å². The molecule has 3 atom stereocenters. The van der Waals surface area contributed by atoms with E-state index in [1.807, 2.05) is 36.1 Å². The van der Waals surface area contributed by atoms with Crippen LogP contribution < -0.4 is 10.1 Å². The second kappa shape index (κ2) is 12.4. The number of aliphatic hydroxyl groups is 2. The van der Waals surface area contributed by atoms with Crippen molar-refractivity contribution in [3.05, 3.63) is 39.5 Å². The first-order valence-electron chi connectivity index (χ1n) is 14.4. The van der Waals surface area contributed by atoms with Crippen molar-refractivity contribution in [2.45, 2.75) is 70.1 Å². The zero-order chi connectivity index (χ0) is 27.6. The van der Waals surface area contributed by atoms with Gasteiger partial charge in [0.05, 0.1) is 16.2 Å². The molecule has 8 nitrogen and oxygen atoms in total. The molecule has 3 N–H and O–H groups in total. The Morgan fingerprint density at radius 3 is 2.41 bits per heavy atom. The predicted octanol–water partition coefficient (Wildman–Crippen LogP) is 3.29. The zero-order valence-electron chi connectivity index (χ0n) is 22.7. The fourth-order valence-electron chi connectivity index (χ4n) is 7.97. The minimum atomic E-state index is -1.02. The molecule has 214 valence electrons. The predicted molar refractivity (Wildman–Crippen MR) is 155 cm³/mol. The highest BCUT2D eigenvalue weighted by molar-refractivity contribution is 14.1. The van der Waals surface area contributed by atoms with Crippen LogP contribution >= 0.6 is 22.6 Å². The summed E-state index contributed by atoms with van der Waals surface area (Å²) in [6.07, 6.45) is 7.36. The van der Waals surface area contributed by atoms with E-state index in [0.717, 1.165) is 40.6 Å². The first kappa shape index (κ1) is 28.8. The number of halogens is 1. The van der Waals surface area contributed by atoms with Gasteiger partial charge in [-0.1, -0.05) is 12.1 Å². The Bertz CT molecular complexity index is 1040. The van der Waals surface area contributed by atoms with E-state index in [4.69, 9.17) is 9.47 Å². The lowest BCUT2D eigenvalue weighted by atomic mass is 9.49. The normalized spacial score (nSPS) is 33.0. The number of hydrogen-bond donors (Lipinski definition) is 3.